The van der Waals surface area contributed by atoms with Crippen molar-refractivity contribution in [2.45, 2.75) is 18.8 Å². The molecule has 0 radical (unpaired) electrons. The molecular formula is C10H5F7O. The number of halogens is 7. The fraction of sp³-hybridized carbons (Fsp3) is 0.300. The number of carbonyl (C=O) groups is 1. The standard InChI is InChI=1S/C10H5F7O/c11-6-1-2-7(9(12,13)14)5(3-6)4-8(18)10(15,16)17/h1-3H,4H2. The van der Waals surface area contributed by atoms with E-state index in [4.69, 9.17) is 0 Å². The first-order valence-corrected chi connectivity index (χ1v) is 4.47. The summed E-state index contributed by atoms with van der Waals surface area (Å²) in [5.74, 6) is -3.51. The quantitative estimate of drug-likeness (QED) is 0.754. The van der Waals surface area contributed by atoms with Crippen molar-refractivity contribution in [3.8, 4) is 0 Å². The van der Waals surface area contributed by atoms with Crippen LogP contribution >= 0.6 is 0 Å². The number of hydrogen-bond donors (Lipinski definition) is 0. The van der Waals surface area contributed by atoms with Crippen LogP contribution in [0.1, 0.15) is 11.1 Å². The molecule has 0 aromatic heterocycles. The van der Waals surface area contributed by atoms with E-state index in [0.29, 0.717) is 12.1 Å². The van der Waals surface area contributed by atoms with Gasteiger partial charge in [0.05, 0.1) is 5.56 Å². The molecule has 8 heteroatoms. The summed E-state index contributed by atoms with van der Waals surface area (Å²) in [6, 6.07) is 1.03. The molecule has 0 heterocycles. The van der Waals surface area contributed by atoms with Crippen LogP contribution in [0.5, 0.6) is 0 Å². The molecule has 0 saturated carbocycles. The summed E-state index contributed by atoms with van der Waals surface area (Å²) >= 11 is 0. The Labute approximate surface area is 96.2 Å². The predicted molar refractivity (Wildman–Crippen MR) is 46.2 cm³/mol. The zero-order valence-corrected chi connectivity index (χ0v) is 8.49. The third kappa shape index (κ3) is 3.44. The van der Waals surface area contributed by atoms with E-state index >= 15 is 0 Å². The second-order valence-electron chi connectivity index (χ2n) is 3.40. The van der Waals surface area contributed by atoms with E-state index in [0.717, 1.165) is 0 Å². The molecule has 0 bridgehead atoms. The number of ketones is 1. The Kier molecular flexibility index (Phi) is 3.68. The van der Waals surface area contributed by atoms with Crippen molar-refractivity contribution in [1.29, 1.82) is 0 Å². The summed E-state index contributed by atoms with van der Waals surface area (Å²) in [7, 11) is 0. The summed E-state index contributed by atoms with van der Waals surface area (Å²) in [4.78, 5) is 10.6. The molecule has 18 heavy (non-hydrogen) atoms. The van der Waals surface area contributed by atoms with E-state index in [1.54, 1.807) is 0 Å². The Morgan fingerprint density at radius 2 is 1.61 bits per heavy atom. The summed E-state index contributed by atoms with van der Waals surface area (Å²) in [5.41, 5.74) is -2.49. The van der Waals surface area contributed by atoms with Crippen LogP contribution < -0.4 is 0 Å². The molecule has 0 N–H and O–H groups in total. The van der Waals surface area contributed by atoms with Crippen molar-refractivity contribution in [3.63, 3.8) is 0 Å². The molecule has 1 nitrogen and oxygen atoms in total. The highest BCUT2D eigenvalue weighted by molar-refractivity contribution is 5.86. The van der Waals surface area contributed by atoms with Gasteiger partial charge in [0.15, 0.2) is 0 Å². The third-order valence-electron chi connectivity index (χ3n) is 2.04. The average Bonchev–Trinajstić information content (AvgIpc) is 2.13. The van der Waals surface area contributed by atoms with Crippen molar-refractivity contribution in [2.75, 3.05) is 0 Å². The molecule has 1 rings (SSSR count). The molecule has 1 aromatic rings. The van der Waals surface area contributed by atoms with Crippen LogP contribution in [0.15, 0.2) is 18.2 Å². The van der Waals surface area contributed by atoms with Crippen LogP contribution in [-0.4, -0.2) is 12.0 Å². The van der Waals surface area contributed by atoms with Gasteiger partial charge in [0.2, 0.25) is 5.78 Å². The van der Waals surface area contributed by atoms with Gasteiger partial charge in [0, 0.05) is 6.42 Å². The minimum Gasteiger partial charge on any atom is -0.289 e. The van der Waals surface area contributed by atoms with Gasteiger partial charge in [-0.25, -0.2) is 4.39 Å². The van der Waals surface area contributed by atoms with E-state index in [9.17, 15) is 35.5 Å². The fourth-order valence-corrected chi connectivity index (χ4v) is 1.26. The molecule has 0 amide bonds. The lowest BCUT2D eigenvalue weighted by molar-refractivity contribution is -0.170. The van der Waals surface area contributed by atoms with Gasteiger partial charge < -0.3 is 0 Å². The zero-order chi connectivity index (χ0) is 14.1. The third-order valence-corrected chi connectivity index (χ3v) is 2.04. The maximum absolute atomic E-state index is 12.7. The Morgan fingerprint density at radius 1 is 1.06 bits per heavy atom. The first kappa shape index (κ1) is 14.5. The van der Waals surface area contributed by atoms with Gasteiger partial charge in [-0.15, -0.1) is 0 Å². The minimum absolute atomic E-state index is 0.270. The summed E-state index contributed by atoms with van der Waals surface area (Å²) in [6.07, 6.45) is -11.7. The van der Waals surface area contributed by atoms with Crippen LogP contribution in [0.2, 0.25) is 0 Å². The predicted octanol–water partition coefficient (Wildman–Crippen LogP) is 3.52. The first-order valence-electron chi connectivity index (χ1n) is 4.47. The molecule has 0 aliphatic rings. The van der Waals surface area contributed by atoms with Gasteiger partial charge in [-0.2, -0.15) is 26.3 Å². The average molecular weight is 274 g/mol. The SMILES string of the molecule is O=C(Cc1cc(F)ccc1C(F)(F)F)C(F)(F)F. The Hall–Kier alpha value is -1.60. The minimum atomic E-state index is -5.25. The Balaban J connectivity index is 3.16. The van der Waals surface area contributed by atoms with E-state index < -0.39 is 41.5 Å². The topological polar surface area (TPSA) is 17.1 Å². The molecule has 0 spiro atoms. The van der Waals surface area contributed by atoms with Crippen molar-refractivity contribution in [3.05, 3.63) is 35.1 Å². The Bertz CT molecular complexity index is 458. The number of Topliss-reactive ketones (excluding diaryl/α,β-unsaturated/α-hetero) is 1. The van der Waals surface area contributed by atoms with Gasteiger partial charge in [0.1, 0.15) is 5.82 Å². The summed E-state index contributed by atoms with van der Waals surface area (Å²) in [6.45, 7) is 0. The lowest BCUT2D eigenvalue weighted by Gasteiger charge is -2.13. The maximum atomic E-state index is 12.7. The van der Waals surface area contributed by atoms with Crippen LogP contribution in [-0.2, 0) is 17.4 Å². The van der Waals surface area contributed by atoms with Crippen LogP contribution in [0.3, 0.4) is 0 Å². The first-order chi connectivity index (χ1) is 8.01. The van der Waals surface area contributed by atoms with Gasteiger partial charge in [-0.05, 0) is 23.8 Å². The molecule has 0 saturated heterocycles. The van der Waals surface area contributed by atoms with Gasteiger partial charge in [0.25, 0.3) is 0 Å². The molecule has 1 aromatic carbocycles. The number of hydrogen-bond acceptors (Lipinski definition) is 1. The van der Waals surface area contributed by atoms with Crippen LogP contribution in [0, 0.1) is 5.82 Å². The molecule has 0 atom stereocenters. The smallest absolute Gasteiger partial charge is 0.289 e. The highest BCUT2D eigenvalue weighted by atomic mass is 19.4. The monoisotopic (exact) mass is 274 g/mol. The normalized spacial score (nSPS) is 12.6. The Morgan fingerprint density at radius 3 is 2.06 bits per heavy atom. The molecule has 0 aliphatic carbocycles. The lowest BCUT2D eigenvalue weighted by Crippen LogP contribution is -2.26. The molecule has 0 unspecified atom stereocenters. The van der Waals surface area contributed by atoms with Crippen molar-refractivity contribution in [1.82, 2.24) is 0 Å². The molecule has 100 valence electrons. The highest BCUT2D eigenvalue weighted by Crippen LogP contribution is 2.33. The fourth-order valence-electron chi connectivity index (χ4n) is 1.26. The summed E-state index contributed by atoms with van der Waals surface area (Å²) in [5, 5.41) is 0. The highest BCUT2D eigenvalue weighted by Gasteiger charge is 2.40. The van der Waals surface area contributed by atoms with E-state index in [2.05, 4.69) is 0 Å². The molecule has 0 aliphatic heterocycles. The van der Waals surface area contributed by atoms with Crippen LogP contribution in [0.25, 0.3) is 0 Å². The van der Waals surface area contributed by atoms with Crippen molar-refractivity contribution >= 4 is 5.78 Å². The molecule has 0 fully saturated rings. The maximum Gasteiger partial charge on any atom is 0.450 e. The van der Waals surface area contributed by atoms with Crippen LogP contribution in [0.4, 0.5) is 30.7 Å². The van der Waals surface area contributed by atoms with Crippen molar-refractivity contribution < 1.29 is 35.5 Å². The van der Waals surface area contributed by atoms with E-state index in [1.807, 2.05) is 0 Å². The second-order valence-corrected chi connectivity index (χ2v) is 3.40. The number of rotatable bonds is 2. The number of carbonyl (C=O) groups excluding carboxylic acids is 1. The van der Waals surface area contributed by atoms with Gasteiger partial charge >= 0.3 is 12.4 Å². The van der Waals surface area contributed by atoms with Gasteiger partial charge in [-0.3, -0.25) is 4.79 Å². The second kappa shape index (κ2) is 4.58. The van der Waals surface area contributed by atoms with E-state index in [1.165, 1.54) is 0 Å². The number of alkyl halides is 6. The molecular weight excluding hydrogens is 269 g/mol. The lowest BCUT2D eigenvalue weighted by atomic mass is 10.0. The van der Waals surface area contributed by atoms with E-state index in [-0.39, 0.29) is 6.07 Å². The number of benzene rings is 1. The van der Waals surface area contributed by atoms with Gasteiger partial charge in [-0.1, -0.05) is 0 Å². The largest absolute Gasteiger partial charge is 0.450 e. The van der Waals surface area contributed by atoms with Crippen molar-refractivity contribution in [2.24, 2.45) is 0 Å². The zero-order valence-electron chi connectivity index (χ0n) is 8.49. The summed E-state index contributed by atoms with van der Waals surface area (Å²) < 4.78 is 85.8.